The second kappa shape index (κ2) is 8.94. The van der Waals surface area contributed by atoms with Gasteiger partial charge in [-0.1, -0.05) is 67.1 Å². The predicted octanol–water partition coefficient (Wildman–Crippen LogP) is 4.89. The molecule has 2 aromatic carbocycles. The number of carbonyl (C=O) groups excluding carboxylic acids is 1. The molecule has 4 aromatic rings. The van der Waals surface area contributed by atoms with E-state index in [1.165, 1.54) is 5.56 Å². The first kappa shape index (κ1) is 21.6. The van der Waals surface area contributed by atoms with Crippen LogP contribution < -0.4 is 5.56 Å². The number of aromatic nitrogens is 2. The summed E-state index contributed by atoms with van der Waals surface area (Å²) in [5, 5.41) is 0.729. The predicted molar refractivity (Wildman–Crippen MR) is 133 cm³/mol. The van der Waals surface area contributed by atoms with E-state index < -0.39 is 0 Å². The van der Waals surface area contributed by atoms with Crippen molar-refractivity contribution >= 4 is 27.5 Å². The third-order valence-corrected chi connectivity index (χ3v) is 7.61. The van der Waals surface area contributed by atoms with Gasteiger partial charge < -0.3 is 4.90 Å². The molecule has 0 radical (unpaired) electrons. The second-order valence-electron chi connectivity index (χ2n) is 8.73. The lowest BCUT2D eigenvalue weighted by Gasteiger charge is -2.30. The standard InChI is InChI=1S/C27H27N3O2S/c1-3-21(20-10-5-4-6-11-20)26(31)29-13-12-22-23(16-29)33-25-24(22)27(32)30(17-28-25)15-19-9-7-8-18(2)14-19/h4-11,14,17,21H,3,12-13,15-16H2,1-2H3. The Balaban J connectivity index is 1.43. The molecule has 5 nitrogen and oxygen atoms in total. The van der Waals surface area contributed by atoms with E-state index in [9.17, 15) is 9.59 Å². The van der Waals surface area contributed by atoms with Gasteiger partial charge in [0.1, 0.15) is 4.83 Å². The number of fused-ring (bicyclic) bond motifs is 3. The van der Waals surface area contributed by atoms with Crippen molar-refractivity contribution in [2.75, 3.05) is 6.54 Å². The molecule has 1 amide bonds. The van der Waals surface area contributed by atoms with Crippen LogP contribution in [0.15, 0.2) is 65.7 Å². The molecule has 1 aliphatic rings. The normalized spacial score (nSPS) is 14.3. The first-order valence-electron chi connectivity index (χ1n) is 11.4. The molecular weight excluding hydrogens is 430 g/mol. The van der Waals surface area contributed by atoms with Crippen molar-refractivity contribution in [3.8, 4) is 0 Å². The summed E-state index contributed by atoms with van der Waals surface area (Å²) >= 11 is 1.55. The van der Waals surface area contributed by atoms with Crippen LogP contribution in [0, 0.1) is 6.92 Å². The first-order chi connectivity index (χ1) is 16.0. The van der Waals surface area contributed by atoms with E-state index in [-0.39, 0.29) is 17.4 Å². The van der Waals surface area contributed by atoms with Gasteiger partial charge in [-0.15, -0.1) is 11.3 Å². The maximum atomic E-state index is 13.4. The molecule has 0 bridgehead atoms. The number of carbonyl (C=O) groups is 1. The average molecular weight is 458 g/mol. The molecule has 0 N–H and O–H groups in total. The molecule has 33 heavy (non-hydrogen) atoms. The van der Waals surface area contributed by atoms with Gasteiger partial charge in [0.05, 0.1) is 30.7 Å². The minimum absolute atomic E-state index is 0.00880. The van der Waals surface area contributed by atoms with Crippen molar-refractivity contribution < 1.29 is 4.79 Å². The van der Waals surface area contributed by atoms with Crippen molar-refractivity contribution in [3.63, 3.8) is 0 Å². The van der Waals surface area contributed by atoms with Gasteiger partial charge in [-0.3, -0.25) is 14.2 Å². The molecule has 1 atom stereocenters. The topological polar surface area (TPSA) is 55.2 Å². The van der Waals surface area contributed by atoms with Crippen LogP contribution in [0.2, 0.25) is 0 Å². The van der Waals surface area contributed by atoms with Crippen LogP contribution in [0.1, 0.15) is 46.4 Å². The molecule has 0 aliphatic carbocycles. The van der Waals surface area contributed by atoms with Gasteiger partial charge in [-0.2, -0.15) is 0 Å². The fraction of sp³-hybridized carbons (Fsp3) is 0.296. The third kappa shape index (κ3) is 4.11. The van der Waals surface area contributed by atoms with Gasteiger partial charge in [0.2, 0.25) is 5.91 Å². The molecule has 0 saturated carbocycles. The summed E-state index contributed by atoms with van der Waals surface area (Å²) in [6, 6.07) is 18.2. The molecule has 5 rings (SSSR count). The van der Waals surface area contributed by atoms with Crippen molar-refractivity contribution in [2.24, 2.45) is 0 Å². The highest BCUT2D eigenvalue weighted by Crippen LogP contribution is 2.34. The number of thiophene rings is 1. The highest BCUT2D eigenvalue weighted by Gasteiger charge is 2.30. The lowest BCUT2D eigenvalue weighted by molar-refractivity contribution is -0.133. The van der Waals surface area contributed by atoms with E-state index in [0.717, 1.165) is 38.2 Å². The monoisotopic (exact) mass is 457 g/mol. The fourth-order valence-electron chi connectivity index (χ4n) is 4.79. The quantitative estimate of drug-likeness (QED) is 0.429. The van der Waals surface area contributed by atoms with Crippen molar-refractivity contribution in [1.29, 1.82) is 0 Å². The Labute approximate surface area is 197 Å². The molecule has 1 aliphatic heterocycles. The summed E-state index contributed by atoms with van der Waals surface area (Å²) in [4.78, 5) is 35.1. The third-order valence-electron chi connectivity index (χ3n) is 6.48. The minimum atomic E-state index is -0.133. The van der Waals surface area contributed by atoms with Crippen LogP contribution in [0.5, 0.6) is 0 Å². The number of aryl methyl sites for hydroxylation is 1. The molecule has 0 saturated heterocycles. The summed E-state index contributed by atoms with van der Waals surface area (Å²) in [6.45, 7) is 5.80. The van der Waals surface area contributed by atoms with E-state index in [2.05, 4.69) is 31.0 Å². The van der Waals surface area contributed by atoms with Gasteiger partial charge >= 0.3 is 0 Å². The number of rotatable bonds is 5. The van der Waals surface area contributed by atoms with Crippen LogP contribution in [-0.2, 0) is 24.3 Å². The fourth-order valence-corrected chi connectivity index (χ4v) is 5.98. The number of benzene rings is 2. The van der Waals surface area contributed by atoms with E-state index in [1.54, 1.807) is 22.2 Å². The van der Waals surface area contributed by atoms with Crippen molar-refractivity contribution in [2.45, 2.75) is 45.7 Å². The number of nitrogens with zero attached hydrogens (tertiary/aromatic N) is 3. The minimum Gasteiger partial charge on any atom is -0.337 e. The Morgan fingerprint density at radius 2 is 1.97 bits per heavy atom. The van der Waals surface area contributed by atoms with Gasteiger partial charge in [-0.25, -0.2) is 4.98 Å². The zero-order chi connectivity index (χ0) is 22.9. The number of hydrogen-bond donors (Lipinski definition) is 0. The zero-order valence-electron chi connectivity index (χ0n) is 19.0. The van der Waals surface area contributed by atoms with Crippen LogP contribution in [-0.4, -0.2) is 26.9 Å². The second-order valence-corrected chi connectivity index (χ2v) is 9.82. The van der Waals surface area contributed by atoms with E-state index in [4.69, 9.17) is 0 Å². The highest BCUT2D eigenvalue weighted by atomic mass is 32.1. The summed E-state index contributed by atoms with van der Waals surface area (Å²) < 4.78 is 1.70. The Bertz CT molecular complexity index is 1370. The van der Waals surface area contributed by atoms with Gasteiger partial charge in [0.25, 0.3) is 5.56 Å². The molecule has 6 heteroatoms. The maximum Gasteiger partial charge on any atom is 0.262 e. The summed E-state index contributed by atoms with van der Waals surface area (Å²) in [5.74, 6) is 0.0310. The molecule has 0 spiro atoms. The van der Waals surface area contributed by atoms with Gasteiger partial charge in [-0.05, 0) is 36.5 Å². The SMILES string of the molecule is CCC(C(=O)N1CCc2c(sc3ncn(Cc4cccc(C)c4)c(=O)c23)C1)c1ccccc1. The average Bonchev–Trinajstić information content (AvgIpc) is 3.20. The first-order valence-corrected chi connectivity index (χ1v) is 12.3. The lowest BCUT2D eigenvalue weighted by atomic mass is 9.94. The Kier molecular flexibility index (Phi) is 5.85. The summed E-state index contributed by atoms with van der Waals surface area (Å²) in [5.41, 5.74) is 4.41. The molecule has 1 unspecified atom stereocenters. The largest absolute Gasteiger partial charge is 0.337 e. The van der Waals surface area contributed by atoms with Crippen LogP contribution in [0.25, 0.3) is 10.2 Å². The summed E-state index contributed by atoms with van der Waals surface area (Å²) in [7, 11) is 0. The van der Waals surface area contributed by atoms with Crippen LogP contribution in [0.4, 0.5) is 0 Å². The van der Waals surface area contributed by atoms with Crippen LogP contribution >= 0.6 is 11.3 Å². The number of hydrogen-bond acceptors (Lipinski definition) is 4. The van der Waals surface area contributed by atoms with E-state index >= 15 is 0 Å². The Morgan fingerprint density at radius 3 is 2.73 bits per heavy atom. The van der Waals surface area contributed by atoms with Crippen molar-refractivity contribution in [1.82, 2.24) is 14.5 Å². The smallest absolute Gasteiger partial charge is 0.262 e. The molecular formula is C27H27N3O2S. The molecule has 3 heterocycles. The lowest BCUT2D eigenvalue weighted by Crippen LogP contribution is -2.38. The molecule has 2 aromatic heterocycles. The van der Waals surface area contributed by atoms with E-state index in [1.807, 2.05) is 47.4 Å². The zero-order valence-corrected chi connectivity index (χ0v) is 19.8. The van der Waals surface area contributed by atoms with Gasteiger partial charge in [0, 0.05) is 11.4 Å². The summed E-state index contributed by atoms with van der Waals surface area (Å²) in [6.07, 6.45) is 3.11. The van der Waals surface area contributed by atoms with Crippen molar-refractivity contribution in [3.05, 3.63) is 98.4 Å². The molecule has 168 valence electrons. The Hall–Kier alpha value is -3.25. The maximum absolute atomic E-state index is 13.4. The Morgan fingerprint density at radius 1 is 1.15 bits per heavy atom. The number of amides is 1. The van der Waals surface area contributed by atoms with Crippen LogP contribution in [0.3, 0.4) is 0 Å². The highest BCUT2D eigenvalue weighted by molar-refractivity contribution is 7.18. The molecule has 0 fully saturated rings. The van der Waals surface area contributed by atoms with Gasteiger partial charge in [0.15, 0.2) is 0 Å². The van der Waals surface area contributed by atoms with E-state index in [0.29, 0.717) is 26.1 Å².